The Kier molecular flexibility index (Phi) is 10.2. The van der Waals surface area contributed by atoms with Crippen molar-refractivity contribution in [2.75, 3.05) is 6.61 Å². The van der Waals surface area contributed by atoms with E-state index in [2.05, 4.69) is 18.2 Å². The van der Waals surface area contributed by atoms with Crippen molar-refractivity contribution < 1.29 is 52.7 Å². The fourth-order valence-electron chi connectivity index (χ4n) is 5.96. The molecule has 12 heteroatoms. The van der Waals surface area contributed by atoms with E-state index >= 15 is 0 Å². The number of nitriles is 1. The molecular formula is C35H39NO11. The second-order valence-electron chi connectivity index (χ2n) is 12.3. The fraction of sp³-hybridized carbons (Fsp3) is 0.514. The van der Waals surface area contributed by atoms with Gasteiger partial charge in [-0.2, -0.15) is 5.26 Å². The van der Waals surface area contributed by atoms with Crippen LogP contribution < -0.4 is 4.74 Å². The van der Waals surface area contributed by atoms with Crippen molar-refractivity contribution in [1.82, 2.24) is 0 Å². The first-order valence-corrected chi connectivity index (χ1v) is 15.8. The zero-order chi connectivity index (χ0) is 33.9. The molecule has 250 valence electrons. The van der Waals surface area contributed by atoms with Gasteiger partial charge in [-0.1, -0.05) is 24.3 Å². The lowest BCUT2D eigenvalue weighted by molar-refractivity contribution is -0.360. The summed E-state index contributed by atoms with van der Waals surface area (Å²) < 4.78 is 34.3. The van der Waals surface area contributed by atoms with E-state index in [0.717, 1.165) is 65.4 Å². The summed E-state index contributed by atoms with van der Waals surface area (Å²) in [5.74, 6) is -5.11. The predicted molar refractivity (Wildman–Crippen MR) is 163 cm³/mol. The minimum absolute atomic E-state index is 0.00879. The molecule has 2 aromatic rings. The Morgan fingerprint density at radius 2 is 1.53 bits per heavy atom. The fourth-order valence-corrected chi connectivity index (χ4v) is 5.96. The summed E-state index contributed by atoms with van der Waals surface area (Å²) in [5, 5.41) is 22.8. The third-order valence-corrected chi connectivity index (χ3v) is 8.53. The molecule has 3 fully saturated rings. The number of hydrogen-bond donors (Lipinski definition) is 1. The third kappa shape index (κ3) is 7.92. The van der Waals surface area contributed by atoms with Crippen molar-refractivity contribution in [3.05, 3.63) is 64.2 Å². The lowest BCUT2D eigenvalue weighted by atomic mass is 9.84. The predicted octanol–water partition coefficient (Wildman–Crippen LogP) is 3.86. The van der Waals surface area contributed by atoms with E-state index in [0.29, 0.717) is 23.5 Å². The Hall–Kier alpha value is -4.47. The summed E-state index contributed by atoms with van der Waals surface area (Å²) >= 11 is 0. The quantitative estimate of drug-likeness (QED) is 0.276. The van der Waals surface area contributed by atoms with Gasteiger partial charge in [0.05, 0.1) is 23.3 Å². The van der Waals surface area contributed by atoms with Crippen molar-refractivity contribution in [3.8, 4) is 11.8 Å². The first-order valence-electron chi connectivity index (χ1n) is 15.8. The second-order valence-corrected chi connectivity index (χ2v) is 12.3. The van der Waals surface area contributed by atoms with Crippen LogP contribution in [0.3, 0.4) is 0 Å². The number of carbonyl (C=O) groups excluding carboxylic acids is 4. The van der Waals surface area contributed by atoms with Gasteiger partial charge in [-0.25, -0.2) is 0 Å². The highest BCUT2D eigenvalue weighted by Crippen LogP contribution is 2.46. The molecule has 2 saturated carbocycles. The van der Waals surface area contributed by atoms with Gasteiger partial charge in [0.25, 0.3) is 0 Å². The van der Waals surface area contributed by atoms with E-state index < -0.39 is 60.7 Å². The molecule has 5 atom stereocenters. The number of carbonyl (C=O) groups is 4. The van der Waals surface area contributed by atoms with E-state index in [9.17, 15) is 29.5 Å². The molecule has 2 aromatic carbocycles. The molecular weight excluding hydrogens is 610 g/mol. The number of benzene rings is 2. The van der Waals surface area contributed by atoms with Crippen LogP contribution in [0.25, 0.3) is 0 Å². The van der Waals surface area contributed by atoms with Crippen molar-refractivity contribution in [2.24, 2.45) is 0 Å². The molecule has 3 aliphatic rings. The number of esters is 4. The molecule has 0 aromatic heterocycles. The molecule has 1 saturated heterocycles. The van der Waals surface area contributed by atoms with Crippen LogP contribution >= 0.6 is 0 Å². The lowest BCUT2D eigenvalue weighted by Crippen LogP contribution is -2.66. The van der Waals surface area contributed by atoms with Crippen LogP contribution in [0.1, 0.15) is 93.5 Å². The Morgan fingerprint density at radius 3 is 2.06 bits per heavy atom. The maximum Gasteiger partial charge on any atom is 0.303 e. The number of aliphatic hydroxyl groups is 1. The Bertz CT molecular complexity index is 1560. The normalized spacial score (nSPS) is 25.4. The van der Waals surface area contributed by atoms with Gasteiger partial charge in [0.2, 0.25) is 11.9 Å². The largest absolute Gasteiger partial charge is 0.490 e. The molecule has 0 radical (unpaired) electrons. The summed E-state index contributed by atoms with van der Waals surface area (Å²) in [6.45, 7) is 3.96. The van der Waals surface area contributed by atoms with E-state index in [-0.39, 0.29) is 17.4 Å². The molecule has 1 N–H and O–H groups in total. The second kappa shape index (κ2) is 14.1. The van der Waals surface area contributed by atoms with Gasteiger partial charge in [0.1, 0.15) is 18.5 Å². The molecule has 0 spiro atoms. The average Bonchev–Trinajstić information content (AvgIpc) is 3.83. The SMILES string of the molecule is CC(=O)OC[C@H]1O[C@](O)(c2cc(Cc3ccc(C4CC4)cc3)c(C#N)cc2OC2CCC2)[C@H](OC(C)=O)[C@@H](OC(C)=O)[C@@H]1OC(C)=O. The zero-order valence-corrected chi connectivity index (χ0v) is 26.9. The van der Waals surface area contributed by atoms with Crippen molar-refractivity contribution in [3.63, 3.8) is 0 Å². The molecule has 0 amide bonds. The van der Waals surface area contributed by atoms with E-state index in [1.54, 1.807) is 6.07 Å². The van der Waals surface area contributed by atoms with Crippen LogP contribution in [0.4, 0.5) is 0 Å². The summed E-state index contributed by atoms with van der Waals surface area (Å²) in [5.41, 5.74) is 2.97. The molecule has 1 aliphatic heterocycles. The standard InChI is InChI=1S/C35H39NO11/c1-19(37)42-18-31-32(43-20(2)38)33(44-21(3)39)34(45-22(4)40)35(41,47-31)29-15-26(14-23-8-10-24(11-9-23)25-12-13-25)27(17-36)16-30(29)46-28-6-5-7-28/h8-11,15-16,25,28,31-34,41H,5-7,12-14,18H2,1-4H3/t31-,32-,33+,34-,35-/m1/s1. The third-order valence-electron chi connectivity index (χ3n) is 8.53. The Balaban J connectivity index is 1.66. The Morgan fingerprint density at radius 1 is 0.894 bits per heavy atom. The minimum atomic E-state index is -2.61. The zero-order valence-electron chi connectivity index (χ0n) is 26.9. The molecule has 5 rings (SSSR count). The molecule has 1 heterocycles. The summed E-state index contributed by atoms with van der Waals surface area (Å²) in [6.07, 6.45) is -1.42. The number of hydrogen-bond acceptors (Lipinski definition) is 12. The monoisotopic (exact) mass is 649 g/mol. The van der Waals surface area contributed by atoms with Crippen LogP contribution in [-0.2, 0) is 55.1 Å². The van der Waals surface area contributed by atoms with Crippen LogP contribution in [-0.4, -0.2) is 66.1 Å². The van der Waals surface area contributed by atoms with Gasteiger partial charge in [-0.3, -0.25) is 19.2 Å². The average molecular weight is 650 g/mol. The van der Waals surface area contributed by atoms with Crippen molar-refractivity contribution in [2.45, 2.75) is 108 Å². The van der Waals surface area contributed by atoms with Gasteiger partial charge >= 0.3 is 23.9 Å². The highest BCUT2D eigenvalue weighted by molar-refractivity contribution is 5.69. The smallest absolute Gasteiger partial charge is 0.303 e. The summed E-state index contributed by atoms with van der Waals surface area (Å²) in [6, 6.07) is 13.4. The van der Waals surface area contributed by atoms with E-state index in [1.807, 2.05) is 12.1 Å². The van der Waals surface area contributed by atoms with Crippen LogP contribution in [0, 0.1) is 11.3 Å². The molecule has 0 unspecified atom stereocenters. The van der Waals surface area contributed by atoms with Gasteiger partial charge in [0, 0.05) is 27.7 Å². The molecule has 12 nitrogen and oxygen atoms in total. The highest BCUT2D eigenvalue weighted by atomic mass is 16.7. The van der Waals surface area contributed by atoms with Crippen LogP contribution in [0.2, 0.25) is 0 Å². The van der Waals surface area contributed by atoms with Crippen LogP contribution in [0.15, 0.2) is 36.4 Å². The molecule has 2 aliphatic carbocycles. The van der Waals surface area contributed by atoms with Gasteiger partial charge in [-0.15, -0.1) is 0 Å². The molecule has 0 bridgehead atoms. The molecule has 47 heavy (non-hydrogen) atoms. The maximum absolute atomic E-state index is 12.6. The first-order chi connectivity index (χ1) is 22.4. The summed E-state index contributed by atoms with van der Waals surface area (Å²) in [7, 11) is 0. The maximum atomic E-state index is 12.6. The van der Waals surface area contributed by atoms with Gasteiger partial charge in [0.15, 0.2) is 12.2 Å². The van der Waals surface area contributed by atoms with Crippen molar-refractivity contribution in [1.29, 1.82) is 5.26 Å². The first kappa shape index (κ1) is 33.9. The number of nitrogens with zero attached hydrogens (tertiary/aromatic N) is 1. The highest BCUT2D eigenvalue weighted by Gasteiger charge is 2.61. The van der Waals surface area contributed by atoms with E-state index in [1.165, 1.54) is 11.6 Å². The number of ether oxygens (including phenoxy) is 6. The topological polar surface area (TPSA) is 168 Å². The summed E-state index contributed by atoms with van der Waals surface area (Å²) in [4.78, 5) is 48.9. The van der Waals surface area contributed by atoms with Gasteiger partial charge in [-0.05, 0) is 73.3 Å². The van der Waals surface area contributed by atoms with Crippen LogP contribution in [0.5, 0.6) is 5.75 Å². The van der Waals surface area contributed by atoms with E-state index in [4.69, 9.17) is 28.4 Å². The van der Waals surface area contributed by atoms with Gasteiger partial charge < -0.3 is 33.5 Å². The number of rotatable bonds is 11. The van der Waals surface area contributed by atoms with Crippen molar-refractivity contribution >= 4 is 23.9 Å². The Labute approximate surface area is 272 Å². The minimum Gasteiger partial charge on any atom is -0.490 e. The lowest BCUT2D eigenvalue weighted by Gasteiger charge is -2.49.